The van der Waals surface area contributed by atoms with Gasteiger partial charge in [0.25, 0.3) is 0 Å². The van der Waals surface area contributed by atoms with E-state index in [1.807, 2.05) is 0 Å². The predicted octanol–water partition coefficient (Wildman–Crippen LogP) is 1.89. The Kier molecular flexibility index (Phi) is 3.93. The van der Waals surface area contributed by atoms with E-state index in [2.05, 4.69) is 4.99 Å². The minimum absolute atomic E-state index is 0.209. The number of benzene rings is 1. The van der Waals surface area contributed by atoms with Crippen LogP contribution in [0.2, 0.25) is 5.02 Å². The second-order valence-electron chi connectivity index (χ2n) is 2.64. The molecule has 78 valence electrons. The zero-order valence-corrected chi connectivity index (χ0v) is 8.29. The predicted molar refractivity (Wildman–Crippen MR) is 56.5 cm³/mol. The van der Waals surface area contributed by atoms with Crippen LogP contribution in [0.15, 0.2) is 29.3 Å². The molecule has 0 fully saturated rings. The van der Waals surface area contributed by atoms with Crippen molar-refractivity contribution >= 4 is 29.8 Å². The number of hydrogen-bond acceptors (Lipinski definition) is 4. The van der Waals surface area contributed by atoms with Gasteiger partial charge in [-0.3, -0.25) is 19.9 Å². The van der Waals surface area contributed by atoms with E-state index in [9.17, 15) is 14.9 Å². The van der Waals surface area contributed by atoms with E-state index in [0.717, 1.165) is 6.21 Å². The Balaban J connectivity index is 2.85. The van der Waals surface area contributed by atoms with Crippen molar-refractivity contribution in [3.63, 3.8) is 0 Å². The summed E-state index contributed by atoms with van der Waals surface area (Å²) in [6.07, 6.45) is 1.16. The number of nitrogens with zero attached hydrogens (tertiary/aromatic N) is 2. The van der Waals surface area contributed by atoms with Crippen molar-refractivity contribution < 1.29 is 9.72 Å². The monoisotopic (exact) mass is 226 g/mol. The highest BCUT2D eigenvalue weighted by atomic mass is 35.5. The lowest BCUT2D eigenvalue weighted by Gasteiger charge is -1.97. The number of para-hydroxylation sites is 1. The first-order chi connectivity index (χ1) is 7.15. The fourth-order valence-corrected chi connectivity index (χ4v) is 1.04. The molecule has 0 heterocycles. The number of carbonyl (C=O) groups is 1. The highest BCUT2D eigenvalue weighted by Crippen LogP contribution is 2.23. The van der Waals surface area contributed by atoms with Crippen molar-refractivity contribution in [3.8, 4) is 0 Å². The van der Waals surface area contributed by atoms with Gasteiger partial charge < -0.3 is 0 Å². The summed E-state index contributed by atoms with van der Waals surface area (Å²) < 4.78 is 0. The molecule has 6 heteroatoms. The van der Waals surface area contributed by atoms with E-state index in [1.54, 1.807) is 24.3 Å². The molecule has 1 aromatic carbocycles. The number of halogens is 1. The normalized spacial score (nSPS) is 12.6. The van der Waals surface area contributed by atoms with Crippen LogP contribution >= 0.6 is 11.6 Å². The molecule has 0 bridgehead atoms. The Labute approximate surface area is 90.5 Å². The summed E-state index contributed by atoms with van der Waals surface area (Å²) in [5.74, 6) is 0. The first-order valence-electron chi connectivity index (χ1n) is 4.02. The molecule has 0 aliphatic carbocycles. The highest BCUT2D eigenvalue weighted by Gasteiger charge is 2.14. The largest absolute Gasteiger partial charge is 0.302 e. The Morgan fingerprint density at radius 3 is 2.67 bits per heavy atom. The average Bonchev–Trinajstić information content (AvgIpc) is 2.21. The Morgan fingerprint density at radius 2 is 2.13 bits per heavy atom. The molecule has 15 heavy (non-hydrogen) atoms. The number of rotatable bonds is 4. The van der Waals surface area contributed by atoms with E-state index in [0.29, 0.717) is 10.7 Å². The van der Waals surface area contributed by atoms with Crippen LogP contribution in [0.3, 0.4) is 0 Å². The Hall–Kier alpha value is -1.75. The van der Waals surface area contributed by atoms with Crippen molar-refractivity contribution in [2.75, 3.05) is 0 Å². The van der Waals surface area contributed by atoms with Gasteiger partial charge in [-0.2, -0.15) is 0 Å². The van der Waals surface area contributed by atoms with Crippen LogP contribution in [-0.4, -0.2) is 23.5 Å². The molecule has 0 amide bonds. The van der Waals surface area contributed by atoms with Gasteiger partial charge in [0.2, 0.25) is 0 Å². The van der Waals surface area contributed by atoms with Gasteiger partial charge in [0.15, 0.2) is 6.29 Å². The van der Waals surface area contributed by atoms with Crippen LogP contribution in [0.1, 0.15) is 0 Å². The summed E-state index contributed by atoms with van der Waals surface area (Å²) in [5, 5.41) is 10.7. The second-order valence-corrected chi connectivity index (χ2v) is 3.05. The SMILES string of the molecule is O=C[C@@H](C=Nc1ccccc1Cl)[N+](=O)[O-]. The molecular formula is C9H7ClN2O3. The molecule has 0 saturated heterocycles. The van der Waals surface area contributed by atoms with Gasteiger partial charge in [0, 0.05) is 4.92 Å². The summed E-state index contributed by atoms with van der Waals surface area (Å²) in [6, 6.07) is 5.19. The quantitative estimate of drug-likeness (QED) is 0.341. The molecule has 1 atom stereocenters. The maximum absolute atomic E-state index is 10.3. The fraction of sp³-hybridized carbons (Fsp3) is 0.111. The third-order valence-electron chi connectivity index (χ3n) is 1.60. The van der Waals surface area contributed by atoms with Gasteiger partial charge in [-0.25, -0.2) is 0 Å². The minimum atomic E-state index is -1.43. The van der Waals surface area contributed by atoms with E-state index in [4.69, 9.17) is 11.6 Å². The molecule has 0 N–H and O–H groups in total. The van der Waals surface area contributed by atoms with Crippen molar-refractivity contribution in [3.05, 3.63) is 39.4 Å². The van der Waals surface area contributed by atoms with E-state index >= 15 is 0 Å². The summed E-state index contributed by atoms with van der Waals surface area (Å²) in [5.41, 5.74) is 0.396. The van der Waals surface area contributed by atoms with Crippen LogP contribution < -0.4 is 0 Å². The zero-order chi connectivity index (χ0) is 11.3. The molecule has 0 unspecified atom stereocenters. The number of aldehydes is 1. The van der Waals surface area contributed by atoms with E-state index in [1.165, 1.54) is 0 Å². The lowest BCUT2D eigenvalue weighted by Crippen LogP contribution is -2.22. The zero-order valence-electron chi connectivity index (χ0n) is 7.54. The summed E-state index contributed by atoms with van der Waals surface area (Å²) in [4.78, 5) is 23.6. The average molecular weight is 227 g/mol. The lowest BCUT2D eigenvalue weighted by atomic mass is 10.3. The van der Waals surface area contributed by atoms with Crippen LogP contribution in [-0.2, 0) is 4.79 Å². The van der Waals surface area contributed by atoms with E-state index < -0.39 is 11.0 Å². The van der Waals surface area contributed by atoms with Gasteiger partial charge in [-0.1, -0.05) is 23.7 Å². The topological polar surface area (TPSA) is 72.6 Å². The smallest absolute Gasteiger partial charge is 0.295 e. The number of carbonyl (C=O) groups excluding carboxylic acids is 1. The summed E-state index contributed by atoms with van der Waals surface area (Å²) in [7, 11) is 0. The maximum atomic E-state index is 10.3. The van der Waals surface area contributed by atoms with Gasteiger partial charge in [0.05, 0.1) is 16.9 Å². The molecule has 0 radical (unpaired) electrons. The van der Waals surface area contributed by atoms with Gasteiger partial charge in [-0.05, 0) is 12.1 Å². The van der Waals surface area contributed by atoms with Crippen molar-refractivity contribution in [2.45, 2.75) is 6.04 Å². The van der Waals surface area contributed by atoms with Crippen molar-refractivity contribution in [1.82, 2.24) is 0 Å². The Bertz CT molecular complexity index is 406. The first-order valence-corrected chi connectivity index (χ1v) is 4.40. The van der Waals surface area contributed by atoms with Crippen LogP contribution in [0.5, 0.6) is 0 Å². The number of hydrogen-bond donors (Lipinski definition) is 0. The number of aliphatic imine (C=N–C) groups is 1. The summed E-state index contributed by atoms with van der Waals surface area (Å²) >= 11 is 5.76. The number of nitro groups is 1. The van der Waals surface area contributed by atoms with E-state index in [-0.39, 0.29) is 6.29 Å². The highest BCUT2D eigenvalue weighted by molar-refractivity contribution is 6.33. The molecule has 0 aromatic heterocycles. The maximum Gasteiger partial charge on any atom is 0.302 e. The minimum Gasteiger partial charge on any atom is -0.295 e. The fourth-order valence-electron chi connectivity index (χ4n) is 0.852. The van der Waals surface area contributed by atoms with Gasteiger partial charge in [0.1, 0.15) is 0 Å². The third-order valence-corrected chi connectivity index (χ3v) is 1.92. The second kappa shape index (κ2) is 5.21. The third kappa shape index (κ3) is 3.14. The molecule has 0 aliphatic rings. The lowest BCUT2D eigenvalue weighted by molar-refractivity contribution is -0.485. The molecular weight excluding hydrogens is 220 g/mol. The summed E-state index contributed by atoms with van der Waals surface area (Å²) in [6.45, 7) is 0. The molecule has 1 rings (SSSR count). The van der Waals surface area contributed by atoms with Crippen molar-refractivity contribution in [2.24, 2.45) is 4.99 Å². The van der Waals surface area contributed by atoms with Gasteiger partial charge >= 0.3 is 6.04 Å². The van der Waals surface area contributed by atoms with Crippen LogP contribution in [0, 0.1) is 10.1 Å². The Morgan fingerprint density at radius 1 is 1.47 bits per heavy atom. The molecule has 5 nitrogen and oxygen atoms in total. The van der Waals surface area contributed by atoms with Crippen LogP contribution in [0.25, 0.3) is 0 Å². The van der Waals surface area contributed by atoms with Crippen molar-refractivity contribution in [1.29, 1.82) is 0 Å². The van der Waals surface area contributed by atoms with Gasteiger partial charge in [-0.15, -0.1) is 0 Å². The molecule has 0 aliphatic heterocycles. The molecule has 0 saturated carbocycles. The van der Waals surface area contributed by atoms with Crippen LogP contribution in [0.4, 0.5) is 5.69 Å². The molecule has 0 spiro atoms. The molecule has 1 aromatic rings. The first kappa shape index (κ1) is 11.3. The standard InChI is InChI=1S/C9H7ClN2O3/c10-8-3-1-2-4-9(8)11-5-7(6-13)12(14)15/h1-7H/t7-/m1/s1.